The van der Waals surface area contributed by atoms with Gasteiger partial charge in [-0.15, -0.1) is 0 Å². The maximum Gasteiger partial charge on any atom is 0.247 e. The van der Waals surface area contributed by atoms with E-state index < -0.39 is 0 Å². The number of anilines is 1. The third-order valence-corrected chi connectivity index (χ3v) is 6.77. The number of ether oxygens (including phenoxy) is 1. The van der Waals surface area contributed by atoms with Crippen LogP contribution >= 0.6 is 0 Å². The molecule has 36 heavy (non-hydrogen) atoms. The molecule has 0 N–H and O–H groups in total. The molecular formula is C30H28N2O4. The average Bonchev–Trinajstić information content (AvgIpc) is 3.17. The number of fused-ring (bicyclic) bond motifs is 1. The molecule has 0 aromatic heterocycles. The molecule has 3 aromatic rings. The molecule has 5 rings (SSSR count). The molecule has 6 nitrogen and oxygen atoms in total. The van der Waals surface area contributed by atoms with Gasteiger partial charge in [0.05, 0.1) is 18.4 Å². The van der Waals surface area contributed by atoms with Gasteiger partial charge in [0.1, 0.15) is 18.9 Å². The molecule has 0 bridgehead atoms. The van der Waals surface area contributed by atoms with Crippen LogP contribution in [-0.2, 0) is 27.5 Å². The predicted octanol–water partition coefficient (Wildman–Crippen LogP) is 4.75. The van der Waals surface area contributed by atoms with E-state index in [9.17, 15) is 14.4 Å². The highest BCUT2D eigenvalue weighted by atomic mass is 16.5. The van der Waals surface area contributed by atoms with Gasteiger partial charge in [-0.3, -0.25) is 19.3 Å². The van der Waals surface area contributed by atoms with Crippen LogP contribution in [0.1, 0.15) is 24.0 Å². The lowest BCUT2D eigenvalue weighted by Crippen LogP contribution is -2.43. The van der Waals surface area contributed by atoms with Crippen LogP contribution < -0.4 is 9.64 Å². The summed E-state index contributed by atoms with van der Waals surface area (Å²) in [7, 11) is 0. The zero-order valence-electron chi connectivity index (χ0n) is 20.0. The lowest BCUT2D eigenvalue weighted by atomic mass is 9.85. The Bertz CT molecular complexity index is 1230. The SMILES string of the molecule is O=C1C2CC=CCC2C(=O)N1CC(=O)N(Cc1ccc(OCc2ccccc2)cc1)c1ccccc1. The van der Waals surface area contributed by atoms with Crippen molar-refractivity contribution >= 4 is 23.4 Å². The van der Waals surface area contributed by atoms with Crippen LogP contribution in [-0.4, -0.2) is 29.2 Å². The summed E-state index contributed by atoms with van der Waals surface area (Å²) in [6.07, 6.45) is 5.00. The largest absolute Gasteiger partial charge is 0.489 e. The van der Waals surface area contributed by atoms with Gasteiger partial charge in [0.15, 0.2) is 0 Å². The van der Waals surface area contributed by atoms with Gasteiger partial charge in [-0.25, -0.2) is 0 Å². The first-order valence-electron chi connectivity index (χ1n) is 12.2. The Labute approximate surface area is 210 Å². The van der Waals surface area contributed by atoms with Crippen molar-refractivity contribution in [2.24, 2.45) is 11.8 Å². The second kappa shape index (κ2) is 10.6. The minimum atomic E-state index is -0.344. The first-order valence-corrected chi connectivity index (χ1v) is 12.2. The molecule has 3 amide bonds. The molecule has 0 spiro atoms. The van der Waals surface area contributed by atoms with Gasteiger partial charge in [0.2, 0.25) is 17.7 Å². The number of amides is 3. The second-order valence-corrected chi connectivity index (χ2v) is 9.15. The quantitative estimate of drug-likeness (QED) is 0.345. The number of carbonyl (C=O) groups is 3. The molecule has 182 valence electrons. The Hall–Kier alpha value is -4.19. The summed E-state index contributed by atoms with van der Waals surface area (Å²) in [4.78, 5) is 42.0. The van der Waals surface area contributed by atoms with Crippen molar-refractivity contribution in [3.63, 3.8) is 0 Å². The van der Waals surface area contributed by atoms with Gasteiger partial charge < -0.3 is 9.64 Å². The summed E-state index contributed by atoms with van der Waals surface area (Å²) in [5.41, 5.74) is 2.71. The smallest absolute Gasteiger partial charge is 0.247 e. The van der Waals surface area contributed by atoms with Crippen molar-refractivity contribution in [3.05, 3.63) is 108 Å². The van der Waals surface area contributed by atoms with Gasteiger partial charge in [-0.1, -0.05) is 72.8 Å². The molecule has 1 aliphatic carbocycles. The van der Waals surface area contributed by atoms with Gasteiger partial charge in [-0.2, -0.15) is 0 Å². The van der Waals surface area contributed by atoms with Crippen LogP contribution in [0.15, 0.2) is 97.1 Å². The van der Waals surface area contributed by atoms with E-state index in [-0.39, 0.29) is 36.1 Å². The molecule has 0 saturated carbocycles. The lowest BCUT2D eigenvalue weighted by molar-refractivity contribution is -0.143. The van der Waals surface area contributed by atoms with Crippen LogP contribution in [0.25, 0.3) is 0 Å². The summed E-state index contributed by atoms with van der Waals surface area (Å²) >= 11 is 0. The lowest BCUT2D eigenvalue weighted by Gasteiger charge is -2.25. The fraction of sp³-hybridized carbons (Fsp3) is 0.233. The van der Waals surface area contributed by atoms with Gasteiger partial charge in [0, 0.05) is 5.69 Å². The fourth-order valence-corrected chi connectivity index (χ4v) is 4.79. The molecule has 0 radical (unpaired) electrons. The van der Waals surface area contributed by atoms with E-state index in [0.717, 1.165) is 21.8 Å². The Morgan fingerprint density at radius 3 is 1.97 bits per heavy atom. The van der Waals surface area contributed by atoms with Crippen molar-refractivity contribution in [3.8, 4) is 5.75 Å². The van der Waals surface area contributed by atoms with Gasteiger partial charge in [0.25, 0.3) is 0 Å². The van der Waals surface area contributed by atoms with Crippen LogP contribution in [0, 0.1) is 11.8 Å². The number of hydrogen-bond donors (Lipinski definition) is 0. The molecule has 1 heterocycles. The Kier molecular flexibility index (Phi) is 6.94. The number of allylic oxidation sites excluding steroid dienone is 2. The van der Waals surface area contributed by atoms with E-state index in [1.165, 1.54) is 0 Å². The molecule has 1 aliphatic heterocycles. The summed E-state index contributed by atoms with van der Waals surface area (Å²) in [5.74, 6) is -0.720. The average molecular weight is 481 g/mol. The van der Waals surface area contributed by atoms with Crippen LogP contribution in [0.2, 0.25) is 0 Å². The fourth-order valence-electron chi connectivity index (χ4n) is 4.79. The molecule has 2 atom stereocenters. The van der Waals surface area contributed by atoms with Crippen molar-refractivity contribution in [1.29, 1.82) is 0 Å². The Morgan fingerprint density at radius 2 is 1.36 bits per heavy atom. The van der Waals surface area contributed by atoms with Gasteiger partial charge >= 0.3 is 0 Å². The normalized spacial score (nSPS) is 18.7. The third kappa shape index (κ3) is 5.08. The zero-order chi connectivity index (χ0) is 24.9. The Morgan fingerprint density at radius 1 is 0.778 bits per heavy atom. The standard InChI is InChI=1S/C30H28N2O4/c33-28(20-32-29(34)26-13-7-8-14-27(26)30(32)35)31(24-11-5-2-6-12-24)19-22-15-17-25(18-16-22)36-21-23-9-3-1-4-10-23/h1-12,15-18,26-27H,13-14,19-21H2. The van der Waals surface area contributed by atoms with Crippen LogP contribution in [0.5, 0.6) is 5.75 Å². The molecule has 1 fully saturated rings. The first kappa shape index (κ1) is 23.5. The monoisotopic (exact) mass is 480 g/mol. The first-order chi connectivity index (χ1) is 17.6. The van der Waals surface area contributed by atoms with Crippen LogP contribution in [0.3, 0.4) is 0 Å². The van der Waals surface area contributed by atoms with Crippen molar-refractivity contribution in [2.45, 2.75) is 26.0 Å². The van der Waals surface area contributed by atoms with Gasteiger partial charge in [-0.05, 0) is 48.2 Å². The summed E-state index contributed by atoms with van der Waals surface area (Å²) in [6.45, 7) is 0.536. The van der Waals surface area contributed by atoms with E-state index in [1.54, 1.807) is 4.90 Å². The number of rotatable bonds is 8. The maximum absolute atomic E-state index is 13.5. The summed E-state index contributed by atoms with van der Waals surface area (Å²) in [5, 5.41) is 0. The summed E-state index contributed by atoms with van der Waals surface area (Å²) in [6, 6.07) is 26.9. The molecular weight excluding hydrogens is 452 g/mol. The Balaban J connectivity index is 1.29. The minimum Gasteiger partial charge on any atom is -0.489 e. The second-order valence-electron chi connectivity index (χ2n) is 9.15. The topological polar surface area (TPSA) is 66.9 Å². The molecule has 2 aliphatic rings. The highest BCUT2D eigenvalue weighted by molar-refractivity contribution is 6.09. The van der Waals surface area contributed by atoms with E-state index >= 15 is 0 Å². The number of para-hydroxylation sites is 1. The number of nitrogens with zero attached hydrogens (tertiary/aromatic N) is 2. The number of hydrogen-bond acceptors (Lipinski definition) is 4. The predicted molar refractivity (Wildman–Crippen MR) is 137 cm³/mol. The number of carbonyl (C=O) groups excluding carboxylic acids is 3. The van der Waals surface area contributed by atoms with Crippen LogP contribution in [0.4, 0.5) is 5.69 Å². The molecule has 1 saturated heterocycles. The minimum absolute atomic E-state index is 0.240. The molecule has 6 heteroatoms. The van der Waals surface area contributed by atoms with E-state index in [1.807, 2.05) is 97.1 Å². The number of benzene rings is 3. The van der Waals surface area contributed by atoms with Crippen molar-refractivity contribution in [2.75, 3.05) is 11.4 Å². The highest BCUT2D eigenvalue weighted by Gasteiger charge is 2.48. The molecule has 2 unspecified atom stereocenters. The maximum atomic E-state index is 13.5. The highest BCUT2D eigenvalue weighted by Crippen LogP contribution is 2.35. The summed E-state index contributed by atoms with van der Waals surface area (Å²) < 4.78 is 5.88. The van der Waals surface area contributed by atoms with E-state index in [0.29, 0.717) is 31.7 Å². The van der Waals surface area contributed by atoms with E-state index in [2.05, 4.69) is 0 Å². The van der Waals surface area contributed by atoms with E-state index in [4.69, 9.17) is 4.74 Å². The molecule has 3 aromatic carbocycles. The zero-order valence-corrected chi connectivity index (χ0v) is 20.0. The number of likely N-dealkylation sites (tertiary alicyclic amines) is 1. The third-order valence-electron chi connectivity index (χ3n) is 6.77. The van der Waals surface area contributed by atoms with Crippen molar-refractivity contribution < 1.29 is 19.1 Å². The van der Waals surface area contributed by atoms with Crippen molar-refractivity contribution in [1.82, 2.24) is 4.90 Å². The number of imide groups is 1.